The molecule has 0 saturated carbocycles. The Bertz CT molecular complexity index is 1490. The number of amides is 3. The number of β-lactam (4-membered cyclic amide) rings is 1. The number of ketones is 1. The van der Waals surface area contributed by atoms with Gasteiger partial charge in [0.05, 0.1) is 0 Å². The molecule has 19 heteroatoms. The molecule has 3 fully saturated rings. The summed E-state index contributed by atoms with van der Waals surface area (Å²) in [7, 11) is 0. The molecule has 3 amide bonds. The molecule has 1 aromatic heterocycles. The first-order valence-electron chi connectivity index (χ1n) is 13.5. The van der Waals surface area contributed by atoms with Gasteiger partial charge < -0.3 is 30.7 Å². The maximum Gasteiger partial charge on any atom is 0.358 e. The third-order valence-corrected chi connectivity index (χ3v) is 9.20. The number of esters is 2. The SMILES string of the molecule is CC(=O)OC(OC(=O)C1=C(C=C2CCN([C@@H]3CCNC3)C2=O)CS[C@@H]2[C@H](NC(=O)C(N=O)c3nsc(N)n3)C(=O)N12)C(C)=O. The van der Waals surface area contributed by atoms with E-state index in [1.807, 2.05) is 0 Å². The number of nitrogens with two attached hydrogens (primary N) is 1. The Morgan fingerprint density at radius 1 is 1.23 bits per heavy atom. The molecule has 2 unspecified atom stereocenters. The van der Waals surface area contributed by atoms with E-state index in [4.69, 9.17) is 15.2 Å². The monoisotopic (exact) mass is 648 g/mol. The first-order chi connectivity index (χ1) is 21.0. The number of nitrogens with one attached hydrogen (secondary N) is 2. The zero-order valence-electron chi connectivity index (χ0n) is 23.5. The average Bonchev–Trinajstić information content (AvgIpc) is 3.73. The molecular formula is C25H28N8O9S2. The van der Waals surface area contributed by atoms with E-state index in [1.165, 1.54) is 11.8 Å². The van der Waals surface area contributed by atoms with Crippen molar-refractivity contribution in [3.05, 3.63) is 33.7 Å². The van der Waals surface area contributed by atoms with Gasteiger partial charge in [-0.2, -0.15) is 4.37 Å². The van der Waals surface area contributed by atoms with Gasteiger partial charge in [0.25, 0.3) is 11.8 Å². The number of nitroso groups, excluding NO2 is 1. The quantitative estimate of drug-likeness (QED) is 0.0920. The summed E-state index contributed by atoms with van der Waals surface area (Å²) in [4.78, 5) is 94.7. The molecule has 4 N–H and O–H groups in total. The van der Waals surface area contributed by atoms with Crippen molar-refractivity contribution in [2.45, 2.75) is 56.5 Å². The molecule has 5 heterocycles. The number of thioether (sulfide) groups is 1. The number of allylic oxidation sites excluding steroid dienone is 1. The van der Waals surface area contributed by atoms with Crippen LogP contribution in [0.3, 0.4) is 0 Å². The predicted molar refractivity (Wildman–Crippen MR) is 153 cm³/mol. The summed E-state index contributed by atoms with van der Waals surface area (Å²) in [5.74, 6) is -4.74. The summed E-state index contributed by atoms with van der Waals surface area (Å²) in [5, 5.41) is 7.66. The van der Waals surface area contributed by atoms with E-state index in [0.29, 0.717) is 25.1 Å². The summed E-state index contributed by atoms with van der Waals surface area (Å²) < 4.78 is 13.9. The van der Waals surface area contributed by atoms with Crippen molar-refractivity contribution in [3.8, 4) is 0 Å². The van der Waals surface area contributed by atoms with E-state index >= 15 is 0 Å². The van der Waals surface area contributed by atoms with Gasteiger partial charge in [0.2, 0.25) is 17.7 Å². The van der Waals surface area contributed by atoms with E-state index in [2.05, 4.69) is 25.2 Å². The Kier molecular flexibility index (Phi) is 9.07. The highest BCUT2D eigenvalue weighted by Gasteiger charge is 2.55. The second-order valence-electron chi connectivity index (χ2n) is 10.3. The van der Waals surface area contributed by atoms with Gasteiger partial charge in [-0.15, -0.1) is 16.7 Å². The molecule has 44 heavy (non-hydrogen) atoms. The van der Waals surface area contributed by atoms with E-state index in [1.54, 1.807) is 11.0 Å². The van der Waals surface area contributed by atoms with Gasteiger partial charge in [-0.05, 0) is 36.2 Å². The minimum absolute atomic E-state index is 0.0199. The number of fused-ring (bicyclic) bond motifs is 1. The van der Waals surface area contributed by atoms with Crippen LogP contribution in [-0.2, 0) is 38.2 Å². The number of nitrogen functional groups attached to an aromatic ring is 1. The highest BCUT2D eigenvalue weighted by atomic mass is 32.2. The number of hydrogen-bond acceptors (Lipinski definition) is 16. The van der Waals surface area contributed by atoms with E-state index < -0.39 is 53.3 Å². The van der Waals surface area contributed by atoms with Crippen molar-refractivity contribution in [2.75, 3.05) is 31.1 Å². The molecule has 0 radical (unpaired) electrons. The Labute approximate surface area is 258 Å². The van der Waals surface area contributed by atoms with Gasteiger partial charge >= 0.3 is 18.2 Å². The van der Waals surface area contributed by atoms with Crippen molar-refractivity contribution in [2.24, 2.45) is 5.18 Å². The van der Waals surface area contributed by atoms with Gasteiger partial charge in [-0.25, -0.2) is 9.78 Å². The van der Waals surface area contributed by atoms with Crippen LogP contribution < -0.4 is 16.4 Å². The number of nitrogens with zero attached hydrogens (tertiary/aromatic N) is 5. The number of carbonyl (C=O) groups excluding carboxylic acids is 6. The maximum atomic E-state index is 13.5. The number of likely N-dealkylation sites (tertiary alicyclic amines) is 1. The predicted octanol–water partition coefficient (Wildman–Crippen LogP) is -0.876. The number of aromatic nitrogens is 2. The lowest BCUT2D eigenvalue weighted by molar-refractivity contribution is -0.189. The van der Waals surface area contributed by atoms with Crippen LogP contribution in [0.5, 0.6) is 0 Å². The fourth-order valence-electron chi connectivity index (χ4n) is 5.27. The maximum absolute atomic E-state index is 13.5. The fourth-order valence-corrected chi connectivity index (χ4v) is 7.04. The minimum atomic E-state index is -1.86. The van der Waals surface area contributed by atoms with Crippen molar-refractivity contribution in [1.29, 1.82) is 0 Å². The van der Waals surface area contributed by atoms with Crippen LogP contribution in [0.15, 0.2) is 28.1 Å². The van der Waals surface area contributed by atoms with Gasteiger partial charge in [-0.3, -0.25) is 28.9 Å². The Balaban J connectivity index is 1.42. The van der Waals surface area contributed by atoms with Gasteiger partial charge in [0.15, 0.2) is 11.0 Å². The summed E-state index contributed by atoms with van der Waals surface area (Å²) in [5.41, 5.74) is 6.00. The molecule has 1 aromatic rings. The molecule has 0 aromatic carbocycles. The van der Waals surface area contributed by atoms with Crippen LogP contribution in [0.25, 0.3) is 0 Å². The number of rotatable bonds is 10. The molecule has 0 spiro atoms. The zero-order valence-corrected chi connectivity index (χ0v) is 25.1. The van der Waals surface area contributed by atoms with Gasteiger partial charge in [0.1, 0.15) is 17.1 Å². The standard InChI is InChI=1S/C25H28N8O9S2/c1-10(34)24(41-11(2)35)42-23(39)17-13(7-12-4-6-32(20(12)37)14-3-5-27-8-14)9-43-22-16(21(38)33(17)22)28-19(36)15(30-40)18-29-25(26)44-31-18/h7,14-16,22,24,27H,3-6,8-9H2,1-2H3,(H,28,36)(H2,26,29,31)/t14-,15?,16-,22-,24?/m1/s1. The Morgan fingerprint density at radius 3 is 2.61 bits per heavy atom. The highest BCUT2D eigenvalue weighted by Crippen LogP contribution is 2.42. The van der Waals surface area contributed by atoms with Gasteiger partial charge in [0, 0.05) is 55.8 Å². The van der Waals surface area contributed by atoms with Crippen LogP contribution in [-0.4, -0.2) is 104 Å². The van der Waals surface area contributed by atoms with Crippen molar-refractivity contribution in [1.82, 2.24) is 29.8 Å². The summed E-state index contributed by atoms with van der Waals surface area (Å²) in [6.07, 6.45) is 0.919. The summed E-state index contributed by atoms with van der Waals surface area (Å²) >= 11 is 1.96. The fraction of sp³-hybridized carbons (Fsp3) is 0.520. The second kappa shape index (κ2) is 12.8. The molecule has 4 aliphatic rings. The van der Waals surface area contributed by atoms with Gasteiger partial charge in [-0.1, -0.05) is 0 Å². The molecule has 0 bridgehead atoms. The first kappa shape index (κ1) is 31.2. The normalized spacial score (nSPS) is 25.3. The molecule has 3 saturated heterocycles. The average molecular weight is 649 g/mol. The Hall–Kier alpha value is -4.23. The smallest absolute Gasteiger partial charge is 0.358 e. The number of hydrogen-bond donors (Lipinski definition) is 3. The number of Topliss-reactive ketones (excluding diaryl/α,β-unsaturated/α-hetero) is 1. The number of carbonyl (C=O) groups is 6. The van der Waals surface area contributed by atoms with Crippen LogP contribution in [0.1, 0.15) is 38.6 Å². The molecule has 4 aliphatic heterocycles. The van der Waals surface area contributed by atoms with Crippen LogP contribution in [0.2, 0.25) is 0 Å². The summed E-state index contributed by atoms with van der Waals surface area (Å²) in [6.45, 7) is 4.08. The second-order valence-corrected chi connectivity index (χ2v) is 12.2. The molecule has 0 aliphatic carbocycles. The lowest BCUT2D eigenvalue weighted by atomic mass is 10.0. The van der Waals surface area contributed by atoms with Crippen LogP contribution in [0.4, 0.5) is 5.13 Å². The molecule has 5 atom stereocenters. The molecule has 234 valence electrons. The number of ether oxygens (including phenoxy) is 2. The van der Waals surface area contributed by atoms with E-state index in [9.17, 15) is 33.7 Å². The van der Waals surface area contributed by atoms with Crippen LogP contribution in [0, 0.1) is 4.91 Å². The molecule has 17 nitrogen and oxygen atoms in total. The number of anilines is 1. The largest absolute Gasteiger partial charge is 0.418 e. The molecule has 5 rings (SSSR count). The molecular weight excluding hydrogens is 620 g/mol. The lowest BCUT2D eigenvalue weighted by Gasteiger charge is -2.49. The van der Waals surface area contributed by atoms with Crippen LogP contribution >= 0.6 is 23.3 Å². The lowest BCUT2D eigenvalue weighted by Crippen LogP contribution is -2.71. The van der Waals surface area contributed by atoms with Crippen molar-refractivity contribution in [3.63, 3.8) is 0 Å². The van der Waals surface area contributed by atoms with Crippen molar-refractivity contribution < 1.29 is 38.2 Å². The highest BCUT2D eigenvalue weighted by molar-refractivity contribution is 8.00. The Morgan fingerprint density at radius 2 is 2.00 bits per heavy atom. The minimum Gasteiger partial charge on any atom is -0.418 e. The van der Waals surface area contributed by atoms with E-state index in [-0.39, 0.29) is 39.9 Å². The third kappa shape index (κ3) is 6.06. The van der Waals surface area contributed by atoms with Crippen molar-refractivity contribution >= 4 is 63.9 Å². The summed E-state index contributed by atoms with van der Waals surface area (Å²) in [6, 6.07) is -2.77. The zero-order chi connectivity index (χ0) is 31.7. The topological polar surface area (TPSA) is 233 Å². The van der Waals surface area contributed by atoms with E-state index in [0.717, 1.165) is 43.2 Å². The first-order valence-corrected chi connectivity index (χ1v) is 15.3. The third-order valence-electron chi connectivity index (χ3n) is 7.34.